The summed E-state index contributed by atoms with van der Waals surface area (Å²) in [6.07, 6.45) is 5.81. The number of hydrogen-bond donors (Lipinski definition) is 1. The zero-order valence-electron chi connectivity index (χ0n) is 14.7. The van der Waals surface area contributed by atoms with Gasteiger partial charge in [0.25, 0.3) is 5.91 Å². The molecular weight excluding hydrogens is 318 g/mol. The number of aromatic amines is 1. The first kappa shape index (κ1) is 17.3. The molecule has 0 radical (unpaired) electrons. The Hall–Kier alpha value is -2.50. The van der Waals surface area contributed by atoms with E-state index in [9.17, 15) is 4.79 Å². The van der Waals surface area contributed by atoms with Gasteiger partial charge in [0, 0.05) is 19.2 Å². The monoisotopic (exact) mass is 343 g/mol. The van der Waals surface area contributed by atoms with Crippen LogP contribution in [0, 0.1) is 0 Å². The van der Waals surface area contributed by atoms with Crippen molar-refractivity contribution in [2.24, 2.45) is 0 Å². The van der Waals surface area contributed by atoms with Crippen molar-refractivity contribution in [2.45, 2.75) is 38.7 Å². The van der Waals surface area contributed by atoms with Crippen molar-refractivity contribution in [3.05, 3.63) is 41.7 Å². The maximum Gasteiger partial charge on any atom is 0.274 e. The molecule has 0 saturated carbocycles. The van der Waals surface area contributed by atoms with Crippen molar-refractivity contribution in [3.8, 4) is 11.5 Å². The highest BCUT2D eigenvalue weighted by molar-refractivity contribution is 5.92. The SMILES string of the molecule is COc1cccc(OCc2cc(C(=O)N3CCCCCCC3)n[nH]2)c1. The van der Waals surface area contributed by atoms with Crippen LogP contribution in [0.2, 0.25) is 0 Å². The first-order valence-electron chi connectivity index (χ1n) is 8.86. The fourth-order valence-corrected chi connectivity index (χ4v) is 3.01. The van der Waals surface area contributed by atoms with E-state index in [4.69, 9.17) is 9.47 Å². The lowest BCUT2D eigenvalue weighted by atomic mass is 10.1. The third kappa shape index (κ3) is 4.75. The highest BCUT2D eigenvalue weighted by atomic mass is 16.5. The van der Waals surface area contributed by atoms with Crippen LogP contribution in [0.1, 0.15) is 48.3 Å². The van der Waals surface area contributed by atoms with Crippen molar-refractivity contribution >= 4 is 5.91 Å². The third-order valence-electron chi connectivity index (χ3n) is 4.43. The molecule has 3 rings (SSSR count). The number of ether oxygens (including phenoxy) is 2. The highest BCUT2D eigenvalue weighted by Crippen LogP contribution is 2.20. The van der Waals surface area contributed by atoms with E-state index in [1.807, 2.05) is 29.2 Å². The summed E-state index contributed by atoms with van der Waals surface area (Å²) in [5, 5.41) is 7.07. The molecule has 0 bridgehead atoms. The number of aromatic nitrogens is 2. The molecule has 0 atom stereocenters. The molecule has 6 heteroatoms. The Morgan fingerprint density at radius 3 is 2.60 bits per heavy atom. The first-order valence-corrected chi connectivity index (χ1v) is 8.86. The topological polar surface area (TPSA) is 67.5 Å². The number of nitrogens with zero attached hydrogens (tertiary/aromatic N) is 2. The van der Waals surface area contributed by atoms with Gasteiger partial charge in [-0.3, -0.25) is 9.89 Å². The summed E-state index contributed by atoms with van der Waals surface area (Å²) in [7, 11) is 1.62. The number of rotatable bonds is 5. The lowest BCUT2D eigenvalue weighted by molar-refractivity contribution is 0.0736. The Morgan fingerprint density at radius 1 is 1.12 bits per heavy atom. The van der Waals surface area contributed by atoms with Crippen LogP contribution in [-0.4, -0.2) is 41.2 Å². The van der Waals surface area contributed by atoms with Gasteiger partial charge >= 0.3 is 0 Å². The number of H-pyrrole nitrogens is 1. The van der Waals surface area contributed by atoms with Crippen molar-refractivity contribution in [3.63, 3.8) is 0 Å². The van der Waals surface area contributed by atoms with Gasteiger partial charge in [-0.1, -0.05) is 25.3 Å². The standard InChI is InChI=1S/C19H25N3O3/c1-24-16-8-7-9-17(13-16)25-14-15-12-18(21-20-15)19(23)22-10-5-3-2-4-6-11-22/h7-9,12-13H,2-6,10-11,14H2,1H3,(H,20,21). The Morgan fingerprint density at radius 2 is 1.84 bits per heavy atom. The molecule has 25 heavy (non-hydrogen) atoms. The number of carbonyl (C=O) groups is 1. The molecule has 2 heterocycles. The molecule has 2 aromatic rings. The molecule has 1 aliphatic heterocycles. The lowest BCUT2D eigenvalue weighted by Crippen LogP contribution is -2.34. The fraction of sp³-hybridized carbons (Fsp3) is 0.474. The van der Waals surface area contributed by atoms with E-state index in [0.717, 1.165) is 37.4 Å². The molecule has 0 aliphatic carbocycles. The smallest absolute Gasteiger partial charge is 0.274 e. The predicted octanol–water partition coefficient (Wildman–Crippen LogP) is 3.40. The van der Waals surface area contributed by atoms with Crippen LogP contribution in [0.15, 0.2) is 30.3 Å². The molecule has 1 fully saturated rings. The lowest BCUT2D eigenvalue weighted by Gasteiger charge is -2.23. The number of hydrogen-bond acceptors (Lipinski definition) is 4. The fourth-order valence-electron chi connectivity index (χ4n) is 3.01. The minimum absolute atomic E-state index is 0.00535. The summed E-state index contributed by atoms with van der Waals surface area (Å²) in [5.41, 5.74) is 1.24. The maximum absolute atomic E-state index is 12.6. The number of benzene rings is 1. The van der Waals surface area contributed by atoms with E-state index < -0.39 is 0 Å². The van der Waals surface area contributed by atoms with Gasteiger partial charge in [-0.2, -0.15) is 5.10 Å². The zero-order valence-corrected chi connectivity index (χ0v) is 14.7. The van der Waals surface area contributed by atoms with Gasteiger partial charge in [-0.05, 0) is 31.0 Å². The van der Waals surface area contributed by atoms with Crippen LogP contribution < -0.4 is 9.47 Å². The molecule has 0 unspecified atom stereocenters. The minimum Gasteiger partial charge on any atom is -0.497 e. The average Bonchev–Trinajstić information content (AvgIpc) is 3.08. The van der Waals surface area contributed by atoms with Gasteiger partial charge in [-0.25, -0.2) is 0 Å². The third-order valence-corrected chi connectivity index (χ3v) is 4.43. The van der Waals surface area contributed by atoms with E-state index in [-0.39, 0.29) is 5.91 Å². The Bertz CT molecular complexity index is 691. The van der Waals surface area contributed by atoms with Crippen LogP contribution in [0.4, 0.5) is 0 Å². The molecule has 6 nitrogen and oxygen atoms in total. The summed E-state index contributed by atoms with van der Waals surface area (Å²) in [6.45, 7) is 1.97. The van der Waals surface area contributed by atoms with E-state index in [1.54, 1.807) is 13.2 Å². The Labute approximate surface area is 148 Å². The quantitative estimate of drug-likeness (QED) is 0.903. The van der Waals surface area contributed by atoms with Gasteiger partial charge in [0.2, 0.25) is 0 Å². The van der Waals surface area contributed by atoms with Crippen LogP contribution in [0.3, 0.4) is 0 Å². The van der Waals surface area contributed by atoms with E-state index in [2.05, 4.69) is 10.2 Å². The Kier molecular flexibility index (Phi) is 5.93. The van der Waals surface area contributed by atoms with E-state index >= 15 is 0 Å². The number of likely N-dealkylation sites (tertiary alicyclic amines) is 1. The Balaban J connectivity index is 1.58. The van der Waals surface area contributed by atoms with Crippen molar-refractivity contribution in [2.75, 3.05) is 20.2 Å². The first-order chi connectivity index (χ1) is 12.3. The molecule has 134 valence electrons. The van der Waals surface area contributed by atoms with Crippen LogP contribution in [0.5, 0.6) is 11.5 Å². The summed E-state index contributed by atoms with van der Waals surface area (Å²) in [6, 6.07) is 9.20. The largest absolute Gasteiger partial charge is 0.497 e. The normalized spacial score (nSPS) is 15.3. The number of amides is 1. The zero-order chi connectivity index (χ0) is 17.5. The second kappa shape index (κ2) is 8.55. The van der Waals surface area contributed by atoms with Gasteiger partial charge in [0.05, 0.1) is 12.8 Å². The molecule has 1 aliphatic rings. The number of nitrogens with one attached hydrogen (secondary N) is 1. The molecule has 0 spiro atoms. The van der Waals surface area contributed by atoms with Crippen LogP contribution >= 0.6 is 0 Å². The van der Waals surface area contributed by atoms with Gasteiger partial charge in [0.1, 0.15) is 18.1 Å². The van der Waals surface area contributed by atoms with Crippen LogP contribution in [-0.2, 0) is 6.61 Å². The predicted molar refractivity (Wildman–Crippen MR) is 94.9 cm³/mol. The number of methoxy groups -OCH3 is 1. The summed E-state index contributed by atoms with van der Waals surface area (Å²) in [4.78, 5) is 14.5. The van der Waals surface area contributed by atoms with Crippen LogP contribution in [0.25, 0.3) is 0 Å². The second-order valence-corrected chi connectivity index (χ2v) is 6.31. The molecule has 1 amide bonds. The summed E-state index contributed by atoms with van der Waals surface area (Å²) >= 11 is 0. The van der Waals surface area contributed by atoms with Gasteiger partial charge in [-0.15, -0.1) is 0 Å². The molecule has 1 aromatic carbocycles. The highest BCUT2D eigenvalue weighted by Gasteiger charge is 2.19. The molecule has 1 aromatic heterocycles. The second-order valence-electron chi connectivity index (χ2n) is 6.31. The van der Waals surface area contributed by atoms with Gasteiger partial charge in [0.15, 0.2) is 5.69 Å². The summed E-state index contributed by atoms with van der Waals surface area (Å²) in [5.74, 6) is 1.46. The van der Waals surface area contributed by atoms with E-state index in [0.29, 0.717) is 18.1 Å². The maximum atomic E-state index is 12.6. The number of carbonyl (C=O) groups excluding carboxylic acids is 1. The summed E-state index contributed by atoms with van der Waals surface area (Å²) < 4.78 is 10.9. The molecule has 1 saturated heterocycles. The van der Waals surface area contributed by atoms with E-state index in [1.165, 1.54) is 19.3 Å². The molecule has 1 N–H and O–H groups in total. The average molecular weight is 343 g/mol. The van der Waals surface area contributed by atoms with Crippen molar-refractivity contribution in [1.29, 1.82) is 0 Å². The minimum atomic E-state index is 0.00535. The molecular formula is C19H25N3O3. The van der Waals surface area contributed by atoms with Crippen molar-refractivity contribution in [1.82, 2.24) is 15.1 Å². The van der Waals surface area contributed by atoms with Gasteiger partial charge < -0.3 is 14.4 Å². The van der Waals surface area contributed by atoms with Crippen molar-refractivity contribution < 1.29 is 14.3 Å².